The number of pyridine rings is 2. The molecule has 1 amide bonds. The maximum absolute atomic E-state index is 12.4. The molecule has 122 valence electrons. The highest BCUT2D eigenvalue weighted by atomic mass is 16.2. The minimum absolute atomic E-state index is 0.0466. The van der Waals surface area contributed by atoms with Crippen molar-refractivity contribution in [3.63, 3.8) is 0 Å². The zero-order valence-electron chi connectivity index (χ0n) is 13.5. The maximum atomic E-state index is 12.4. The molecule has 1 saturated heterocycles. The number of likely N-dealkylation sites (tertiary alicyclic amines) is 1. The van der Waals surface area contributed by atoms with E-state index in [0.717, 1.165) is 29.6 Å². The third-order valence-electron chi connectivity index (χ3n) is 4.51. The lowest BCUT2D eigenvalue weighted by Crippen LogP contribution is -2.38. The molecule has 3 aromatic rings. The van der Waals surface area contributed by atoms with Crippen molar-refractivity contribution < 1.29 is 4.79 Å². The molecule has 0 bridgehead atoms. The van der Waals surface area contributed by atoms with Crippen LogP contribution in [0, 0.1) is 0 Å². The van der Waals surface area contributed by atoms with Gasteiger partial charge in [0.2, 0.25) is 0 Å². The van der Waals surface area contributed by atoms with Gasteiger partial charge in [0, 0.05) is 43.3 Å². The molecule has 0 spiro atoms. The van der Waals surface area contributed by atoms with Crippen LogP contribution >= 0.6 is 0 Å². The Morgan fingerprint density at radius 3 is 2.79 bits per heavy atom. The van der Waals surface area contributed by atoms with Crippen molar-refractivity contribution in [2.75, 3.05) is 13.1 Å². The van der Waals surface area contributed by atoms with Crippen LogP contribution in [0.3, 0.4) is 0 Å². The fourth-order valence-electron chi connectivity index (χ4n) is 3.18. The number of hydrogen-bond donors (Lipinski definition) is 0. The van der Waals surface area contributed by atoms with Crippen LogP contribution in [0.1, 0.15) is 34.9 Å². The number of rotatable bonds is 2. The molecule has 1 aliphatic rings. The first-order valence-corrected chi connectivity index (χ1v) is 8.08. The summed E-state index contributed by atoms with van der Waals surface area (Å²) in [4.78, 5) is 23.3. The molecule has 4 heterocycles. The van der Waals surface area contributed by atoms with Crippen molar-refractivity contribution in [1.29, 1.82) is 0 Å². The molecule has 7 nitrogen and oxygen atoms in total. The highest BCUT2D eigenvalue weighted by Crippen LogP contribution is 2.28. The lowest BCUT2D eigenvalue weighted by atomic mass is 9.92. The number of nitrogens with zero attached hydrogens (tertiary/aromatic N) is 6. The van der Waals surface area contributed by atoms with Crippen molar-refractivity contribution in [3.05, 3.63) is 48.0 Å². The molecule has 0 aliphatic carbocycles. The summed E-state index contributed by atoms with van der Waals surface area (Å²) in [5, 5.41) is 8.78. The Morgan fingerprint density at radius 1 is 1.21 bits per heavy atom. The second-order valence-electron chi connectivity index (χ2n) is 6.13. The normalized spacial score (nSPS) is 15.8. The largest absolute Gasteiger partial charge is 0.337 e. The fourth-order valence-corrected chi connectivity index (χ4v) is 3.18. The van der Waals surface area contributed by atoms with Crippen molar-refractivity contribution in [1.82, 2.24) is 29.9 Å². The summed E-state index contributed by atoms with van der Waals surface area (Å²) in [5.41, 5.74) is 2.25. The number of aromatic nitrogens is 5. The molecule has 3 aromatic heterocycles. The Hall–Kier alpha value is -2.83. The van der Waals surface area contributed by atoms with Crippen molar-refractivity contribution >= 4 is 16.9 Å². The molecule has 4 rings (SSSR count). The van der Waals surface area contributed by atoms with E-state index in [-0.39, 0.29) is 5.91 Å². The number of carbonyl (C=O) groups is 1. The molecule has 1 aliphatic heterocycles. The minimum atomic E-state index is -0.0466. The van der Waals surface area contributed by atoms with Gasteiger partial charge in [-0.15, -0.1) is 5.10 Å². The molecule has 0 radical (unpaired) electrons. The van der Waals surface area contributed by atoms with Crippen LogP contribution in [0.5, 0.6) is 0 Å². The van der Waals surface area contributed by atoms with E-state index in [9.17, 15) is 4.79 Å². The van der Waals surface area contributed by atoms with Gasteiger partial charge < -0.3 is 4.90 Å². The summed E-state index contributed by atoms with van der Waals surface area (Å²) in [6.45, 7) is 1.42. The molecular formula is C17H18N6O. The van der Waals surface area contributed by atoms with Gasteiger partial charge in [-0.1, -0.05) is 5.21 Å². The summed E-state index contributed by atoms with van der Waals surface area (Å²) < 4.78 is 1.55. The average molecular weight is 322 g/mol. The van der Waals surface area contributed by atoms with Crippen LogP contribution in [0.25, 0.3) is 11.0 Å². The number of carbonyl (C=O) groups excluding carboxylic acids is 1. The van der Waals surface area contributed by atoms with E-state index in [1.165, 1.54) is 0 Å². The van der Waals surface area contributed by atoms with Gasteiger partial charge >= 0.3 is 0 Å². The minimum Gasteiger partial charge on any atom is -0.337 e. The quantitative estimate of drug-likeness (QED) is 0.719. The fraction of sp³-hybridized carbons (Fsp3) is 0.353. The first kappa shape index (κ1) is 14.7. The van der Waals surface area contributed by atoms with Crippen molar-refractivity contribution in [2.24, 2.45) is 7.05 Å². The van der Waals surface area contributed by atoms with Crippen LogP contribution in [0.15, 0.2) is 36.7 Å². The standard InChI is InChI=1S/C17H18N6O/c1-22-11-15(20-21-22)17(24)23-9-6-12(7-10-23)14-5-4-13-3-2-8-18-16(13)19-14/h2-5,8,11-12H,6-7,9-10H2,1H3. The van der Waals surface area contributed by atoms with Gasteiger partial charge in [-0.3, -0.25) is 9.48 Å². The van der Waals surface area contributed by atoms with Gasteiger partial charge in [0.15, 0.2) is 11.3 Å². The van der Waals surface area contributed by atoms with Crippen molar-refractivity contribution in [3.8, 4) is 0 Å². The summed E-state index contributed by atoms with van der Waals surface area (Å²) in [6, 6.07) is 8.08. The predicted octanol–water partition coefficient (Wildman–Crippen LogP) is 1.78. The Labute approximate surface area is 139 Å². The predicted molar refractivity (Wildman–Crippen MR) is 88.4 cm³/mol. The lowest BCUT2D eigenvalue weighted by molar-refractivity contribution is 0.0706. The second kappa shape index (κ2) is 5.99. The van der Waals surface area contributed by atoms with Gasteiger partial charge in [-0.25, -0.2) is 9.97 Å². The molecule has 0 aromatic carbocycles. The van der Waals surface area contributed by atoms with Crippen LogP contribution in [-0.4, -0.2) is 48.9 Å². The third kappa shape index (κ3) is 2.73. The molecule has 0 N–H and O–H groups in total. The summed E-state index contributed by atoms with van der Waals surface area (Å²) >= 11 is 0. The van der Waals surface area contributed by atoms with E-state index >= 15 is 0 Å². The van der Waals surface area contributed by atoms with Gasteiger partial charge in [0.05, 0.1) is 6.20 Å². The molecule has 1 fully saturated rings. The van der Waals surface area contributed by atoms with Crippen LogP contribution in [0.2, 0.25) is 0 Å². The Morgan fingerprint density at radius 2 is 2.04 bits per heavy atom. The maximum Gasteiger partial charge on any atom is 0.276 e. The Balaban J connectivity index is 1.46. The number of aryl methyl sites for hydroxylation is 1. The van der Waals surface area contributed by atoms with Gasteiger partial charge in [-0.2, -0.15) is 0 Å². The molecular weight excluding hydrogens is 304 g/mol. The monoisotopic (exact) mass is 322 g/mol. The van der Waals surface area contributed by atoms with Crippen LogP contribution in [0.4, 0.5) is 0 Å². The zero-order chi connectivity index (χ0) is 16.5. The molecule has 0 unspecified atom stereocenters. The average Bonchev–Trinajstić information content (AvgIpc) is 3.07. The molecule has 0 saturated carbocycles. The topological polar surface area (TPSA) is 76.8 Å². The summed E-state index contributed by atoms with van der Waals surface area (Å²) in [5.74, 6) is 0.317. The zero-order valence-corrected chi connectivity index (χ0v) is 13.5. The first-order chi connectivity index (χ1) is 11.7. The van der Waals surface area contributed by atoms with Gasteiger partial charge in [0.1, 0.15) is 0 Å². The number of fused-ring (bicyclic) bond motifs is 1. The Bertz CT molecular complexity index is 881. The number of amides is 1. The number of piperidine rings is 1. The molecule has 0 atom stereocenters. The van der Waals surface area contributed by atoms with E-state index in [1.54, 1.807) is 24.1 Å². The molecule has 7 heteroatoms. The highest BCUT2D eigenvalue weighted by Gasteiger charge is 2.26. The van der Waals surface area contributed by atoms with Crippen LogP contribution in [-0.2, 0) is 7.05 Å². The van der Waals surface area contributed by atoms with E-state index in [4.69, 9.17) is 4.98 Å². The van der Waals surface area contributed by atoms with Crippen molar-refractivity contribution in [2.45, 2.75) is 18.8 Å². The van der Waals surface area contributed by atoms with Gasteiger partial charge in [-0.05, 0) is 37.1 Å². The second-order valence-corrected chi connectivity index (χ2v) is 6.13. The summed E-state index contributed by atoms with van der Waals surface area (Å²) in [6.07, 6.45) is 5.22. The van der Waals surface area contributed by atoms with E-state index < -0.39 is 0 Å². The lowest BCUT2D eigenvalue weighted by Gasteiger charge is -2.31. The SMILES string of the molecule is Cn1cc(C(=O)N2CCC(c3ccc4cccnc4n3)CC2)nn1. The number of hydrogen-bond acceptors (Lipinski definition) is 5. The molecule has 24 heavy (non-hydrogen) atoms. The summed E-state index contributed by atoms with van der Waals surface area (Å²) in [7, 11) is 1.76. The Kier molecular flexibility index (Phi) is 3.68. The van der Waals surface area contributed by atoms with E-state index in [0.29, 0.717) is 24.7 Å². The third-order valence-corrected chi connectivity index (χ3v) is 4.51. The van der Waals surface area contributed by atoms with E-state index in [1.807, 2.05) is 17.0 Å². The van der Waals surface area contributed by atoms with Crippen LogP contribution < -0.4 is 0 Å². The smallest absolute Gasteiger partial charge is 0.276 e. The first-order valence-electron chi connectivity index (χ1n) is 8.08. The van der Waals surface area contributed by atoms with E-state index in [2.05, 4.69) is 27.4 Å². The highest BCUT2D eigenvalue weighted by molar-refractivity contribution is 5.92. The van der Waals surface area contributed by atoms with Gasteiger partial charge in [0.25, 0.3) is 5.91 Å².